The number of benzene rings is 2. The van der Waals surface area contributed by atoms with Crippen molar-refractivity contribution in [1.82, 2.24) is 9.21 Å². The van der Waals surface area contributed by atoms with Crippen LogP contribution in [0.15, 0.2) is 53.4 Å². The molecule has 1 fully saturated rings. The van der Waals surface area contributed by atoms with Crippen molar-refractivity contribution in [3.63, 3.8) is 0 Å². The molecular formula is C22H28N2O4S. The summed E-state index contributed by atoms with van der Waals surface area (Å²) in [5.74, 6) is 0.497. The molecule has 1 amide bonds. The minimum Gasteiger partial charge on any atom is -0.496 e. The second-order valence-corrected chi connectivity index (χ2v) is 9.23. The van der Waals surface area contributed by atoms with Crippen LogP contribution in [0.5, 0.6) is 5.75 Å². The van der Waals surface area contributed by atoms with E-state index in [4.69, 9.17) is 4.74 Å². The van der Waals surface area contributed by atoms with Crippen LogP contribution in [0.25, 0.3) is 0 Å². The zero-order chi connectivity index (χ0) is 20.9. The first-order chi connectivity index (χ1) is 13.9. The van der Waals surface area contributed by atoms with Crippen LogP contribution >= 0.6 is 0 Å². The molecule has 0 spiro atoms. The predicted octanol–water partition coefficient (Wildman–Crippen LogP) is 2.86. The van der Waals surface area contributed by atoms with E-state index >= 15 is 0 Å². The Morgan fingerprint density at radius 2 is 1.79 bits per heavy atom. The van der Waals surface area contributed by atoms with E-state index in [1.165, 1.54) is 10.4 Å². The van der Waals surface area contributed by atoms with E-state index in [0.717, 1.165) is 24.0 Å². The van der Waals surface area contributed by atoms with E-state index in [9.17, 15) is 13.2 Å². The van der Waals surface area contributed by atoms with Gasteiger partial charge in [0.15, 0.2) is 0 Å². The number of methoxy groups -OCH3 is 1. The smallest absolute Gasteiger partial charge is 0.243 e. The number of sulfonamides is 1. The third kappa shape index (κ3) is 5.16. The van der Waals surface area contributed by atoms with Gasteiger partial charge in [0.05, 0.1) is 18.6 Å². The highest BCUT2D eigenvalue weighted by Crippen LogP contribution is 2.24. The number of likely N-dealkylation sites (tertiary alicyclic amines) is 1. The fourth-order valence-electron chi connectivity index (χ4n) is 3.56. The molecule has 3 rings (SSSR count). The van der Waals surface area contributed by atoms with Crippen molar-refractivity contribution in [3.05, 3.63) is 59.7 Å². The lowest BCUT2D eigenvalue weighted by Gasteiger charge is -2.25. The summed E-state index contributed by atoms with van der Waals surface area (Å²) >= 11 is 0. The molecule has 156 valence electrons. The highest BCUT2D eigenvalue weighted by atomic mass is 32.2. The van der Waals surface area contributed by atoms with Gasteiger partial charge in [0.2, 0.25) is 15.9 Å². The molecule has 6 nitrogen and oxygen atoms in total. The number of rotatable bonds is 8. The van der Waals surface area contributed by atoms with Crippen molar-refractivity contribution in [2.45, 2.75) is 31.1 Å². The Morgan fingerprint density at radius 3 is 2.41 bits per heavy atom. The summed E-state index contributed by atoms with van der Waals surface area (Å²) < 4.78 is 33.3. The molecule has 2 aromatic rings. The zero-order valence-electron chi connectivity index (χ0n) is 17.0. The van der Waals surface area contributed by atoms with Gasteiger partial charge < -0.3 is 9.64 Å². The van der Waals surface area contributed by atoms with Crippen molar-refractivity contribution in [2.75, 3.05) is 33.3 Å². The van der Waals surface area contributed by atoms with Gasteiger partial charge in [-0.25, -0.2) is 8.42 Å². The number of carbonyl (C=O) groups excluding carboxylic acids is 1. The van der Waals surface area contributed by atoms with Gasteiger partial charge >= 0.3 is 0 Å². The molecule has 1 heterocycles. The van der Waals surface area contributed by atoms with E-state index in [1.54, 1.807) is 24.1 Å². The minimum atomic E-state index is -3.81. The number of hydrogen-bond donors (Lipinski definition) is 0. The summed E-state index contributed by atoms with van der Waals surface area (Å²) in [5, 5.41) is 0. The third-order valence-corrected chi connectivity index (χ3v) is 7.11. The Hall–Kier alpha value is -2.38. The second-order valence-electron chi connectivity index (χ2n) is 7.29. The highest BCUT2D eigenvalue weighted by molar-refractivity contribution is 7.89. The van der Waals surface area contributed by atoms with Crippen molar-refractivity contribution >= 4 is 15.9 Å². The van der Waals surface area contributed by atoms with Crippen LogP contribution in [0.1, 0.15) is 24.0 Å². The van der Waals surface area contributed by atoms with Crippen molar-refractivity contribution in [3.8, 4) is 5.75 Å². The SMILES string of the molecule is COc1ccc(S(=O)(=O)N(CCc2ccccc2)CC(=O)N2CCCC2)cc1C. The van der Waals surface area contributed by atoms with Crippen molar-refractivity contribution in [2.24, 2.45) is 0 Å². The fraction of sp³-hybridized carbons (Fsp3) is 0.409. The van der Waals surface area contributed by atoms with Gasteiger partial charge in [-0.15, -0.1) is 0 Å². The first-order valence-electron chi connectivity index (χ1n) is 9.88. The Morgan fingerprint density at radius 1 is 1.10 bits per heavy atom. The number of ether oxygens (including phenoxy) is 1. The second kappa shape index (κ2) is 9.41. The molecule has 1 aliphatic heterocycles. The Balaban J connectivity index is 1.85. The van der Waals surface area contributed by atoms with E-state index in [0.29, 0.717) is 25.3 Å². The average Bonchev–Trinajstić information content (AvgIpc) is 3.26. The lowest BCUT2D eigenvalue weighted by atomic mass is 10.1. The molecular weight excluding hydrogens is 388 g/mol. The maximum absolute atomic E-state index is 13.4. The van der Waals surface area contributed by atoms with Gasteiger partial charge in [0.1, 0.15) is 5.75 Å². The van der Waals surface area contributed by atoms with Gasteiger partial charge in [-0.3, -0.25) is 4.79 Å². The first kappa shape index (κ1) is 21.3. The summed E-state index contributed by atoms with van der Waals surface area (Å²) in [6, 6.07) is 14.5. The van der Waals surface area contributed by atoms with Gasteiger partial charge in [0, 0.05) is 19.6 Å². The molecule has 0 saturated carbocycles. The monoisotopic (exact) mass is 416 g/mol. The van der Waals surface area contributed by atoms with Crippen LogP contribution in [0.2, 0.25) is 0 Å². The standard InChI is InChI=1S/C22H28N2O4S/c1-18-16-20(10-11-21(18)28-2)29(26,27)24(15-12-19-8-4-3-5-9-19)17-22(25)23-13-6-7-14-23/h3-5,8-11,16H,6-7,12-15,17H2,1-2H3. The normalized spacial score (nSPS) is 14.4. The van der Waals surface area contributed by atoms with Gasteiger partial charge in [0.25, 0.3) is 0 Å². The lowest BCUT2D eigenvalue weighted by Crippen LogP contribution is -2.42. The van der Waals surface area contributed by atoms with Crippen LogP contribution in [0.4, 0.5) is 0 Å². The Labute approximate surface area is 173 Å². The quantitative estimate of drug-likeness (QED) is 0.664. The van der Waals surface area contributed by atoms with Gasteiger partial charge in [-0.05, 0) is 55.5 Å². The maximum Gasteiger partial charge on any atom is 0.243 e. The van der Waals surface area contributed by atoms with E-state index in [1.807, 2.05) is 37.3 Å². The molecule has 7 heteroatoms. The Bertz CT molecular complexity index is 939. The number of aryl methyl sites for hydroxylation is 1. The van der Waals surface area contributed by atoms with Crippen LogP contribution in [0, 0.1) is 6.92 Å². The molecule has 0 atom stereocenters. The predicted molar refractivity (Wildman–Crippen MR) is 112 cm³/mol. The van der Waals surface area contributed by atoms with Crippen LogP contribution in [-0.2, 0) is 21.2 Å². The molecule has 0 aliphatic carbocycles. The zero-order valence-corrected chi connectivity index (χ0v) is 17.8. The topological polar surface area (TPSA) is 66.9 Å². The van der Waals surface area contributed by atoms with Gasteiger partial charge in [-0.2, -0.15) is 4.31 Å². The maximum atomic E-state index is 13.4. The van der Waals surface area contributed by atoms with E-state index < -0.39 is 10.0 Å². The lowest BCUT2D eigenvalue weighted by molar-refractivity contribution is -0.130. The number of nitrogens with zero attached hydrogens (tertiary/aromatic N) is 2. The van der Waals surface area contributed by atoms with Crippen LogP contribution < -0.4 is 4.74 Å². The average molecular weight is 417 g/mol. The summed E-state index contributed by atoms with van der Waals surface area (Å²) in [7, 11) is -2.26. The van der Waals surface area contributed by atoms with Crippen molar-refractivity contribution < 1.29 is 17.9 Å². The Kier molecular flexibility index (Phi) is 6.92. The number of hydrogen-bond acceptors (Lipinski definition) is 4. The molecule has 1 saturated heterocycles. The number of carbonyl (C=O) groups is 1. The fourth-order valence-corrected chi connectivity index (χ4v) is 5.04. The largest absolute Gasteiger partial charge is 0.496 e. The molecule has 0 N–H and O–H groups in total. The summed E-state index contributed by atoms with van der Waals surface area (Å²) in [4.78, 5) is 14.6. The highest BCUT2D eigenvalue weighted by Gasteiger charge is 2.29. The molecule has 0 aromatic heterocycles. The molecule has 29 heavy (non-hydrogen) atoms. The van der Waals surface area contributed by atoms with Crippen molar-refractivity contribution in [1.29, 1.82) is 0 Å². The molecule has 0 bridgehead atoms. The van der Waals surface area contributed by atoms with E-state index in [2.05, 4.69) is 0 Å². The first-order valence-corrected chi connectivity index (χ1v) is 11.3. The molecule has 0 unspecified atom stereocenters. The van der Waals surface area contributed by atoms with Crippen LogP contribution in [-0.4, -0.2) is 56.8 Å². The molecule has 2 aromatic carbocycles. The summed E-state index contributed by atoms with van der Waals surface area (Å²) in [6.07, 6.45) is 2.49. The third-order valence-electron chi connectivity index (χ3n) is 5.27. The minimum absolute atomic E-state index is 0.135. The summed E-state index contributed by atoms with van der Waals surface area (Å²) in [6.45, 7) is 3.32. The molecule has 1 aliphatic rings. The number of amides is 1. The van der Waals surface area contributed by atoms with E-state index in [-0.39, 0.29) is 23.9 Å². The van der Waals surface area contributed by atoms with Crippen LogP contribution in [0.3, 0.4) is 0 Å². The van der Waals surface area contributed by atoms with Gasteiger partial charge in [-0.1, -0.05) is 30.3 Å². The molecule has 0 radical (unpaired) electrons. The summed E-state index contributed by atoms with van der Waals surface area (Å²) in [5.41, 5.74) is 1.77.